The number of sulfonamides is 1. The lowest BCUT2D eigenvalue weighted by Crippen LogP contribution is -2.40. The number of carbonyl (C=O) groups is 1. The van der Waals surface area contributed by atoms with Crippen molar-refractivity contribution in [1.29, 1.82) is 0 Å². The van der Waals surface area contributed by atoms with Crippen molar-refractivity contribution in [3.05, 3.63) is 78.1 Å². The van der Waals surface area contributed by atoms with E-state index in [4.69, 9.17) is 0 Å². The fourth-order valence-electron chi connectivity index (χ4n) is 2.84. The maximum absolute atomic E-state index is 13.5. The number of aromatic nitrogens is 2. The lowest BCUT2D eigenvalue weighted by molar-refractivity contribution is -0.119. The van der Waals surface area contributed by atoms with Crippen molar-refractivity contribution < 1.29 is 17.6 Å². The summed E-state index contributed by atoms with van der Waals surface area (Å²) in [6, 6.07) is 12.7. The number of halogens is 1. The van der Waals surface area contributed by atoms with E-state index < -0.39 is 28.3 Å². The van der Waals surface area contributed by atoms with Gasteiger partial charge in [-0.1, -0.05) is 18.2 Å². The Morgan fingerprint density at radius 2 is 1.93 bits per heavy atom. The van der Waals surface area contributed by atoms with Crippen LogP contribution in [-0.2, 0) is 21.4 Å². The van der Waals surface area contributed by atoms with Gasteiger partial charge in [0.15, 0.2) is 0 Å². The molecule has 0 bridgehead atoms. The van der Waals surface area contributed by atoms with Gasteiger partial charge in [0.2, 0.25) is 15.9 Å². The van der Waals surface area contributed by atoms with E-state index in [2.05, 4.69) is 10.3 Å². The summed E-state index contributed by atoms with van der Waals surface area (Å²) in [5.74, 6) is -0.205. The van der Waals surface area contributed by atoms with Crippen LogP contribution in [0.3, 0.4) is 0 Å². The molecule has 2 aromatic carbocycles. The Bertz CT molecular complexity index is 1110. The number of rotatable bonds is 7. The molecule has 3 rings (SSSR count). The lowest BCUT2D eigenvalue weighted by atomic mass is 10.2. The van der Waals surface area contributed by atoms with E-state index in [1.807, 2.05) is 42.0 Å². The Hall–Kier alpha value is -3.20. The Morgan fingerprint density at radius 1 is 1.21 bits per heavy atom. The first kappa shape index (κ1) is 20.5. The Kier molecular flexibility index (Phi) is 5.97. The number of imidazole rings is 1. The van der Waals surface area contributed by atoms with Crippen LogP contribution in [0.1, 0.15) is 11.4 Å². The highest BCUT2D eigenvalue weighted by atomic mass is 32.2. The summed E-state index contributed by atoms with van der Waals surface area (Å²) in [5.41, 5.74) is 1.91. The minimum absolute atomic E-state index is 0.0997. The molecule has 0 aliphatic carbocycles. The summed E-state index contributed by atoms with van der Waals surface area (Å²) < 4.78 is 40.4. The summed E-state index contributed by atoms with van der Waals surface area (Å²) in [6.07, 6.45) is 4.55. The second kappa shape index (κ2) is 8.44. The SMILES string of the molecule is Cc1nccn1-c1ccc(CNC(=O)CN(c2cccc(F)c2)S(C)(=O)=O)cc1. The number of nitrogens with one attached hydrogen (secondary N) is 1. The van der Waals surface area contributed by atoms with Crippen LogP contribution in [-0.4, -0.2) is 36.7 Å². The van der Waals surface area contributed by atoms with Crippen LogP contribution in [0.4, 0.5) is 10.1 Å². The molecule has 29 heavy (non-hydrogen) atoms. The first-order chi connectivity index (χ1) is 13.7. The topological polar surface area (TPSA) is 84.3 Å². The van der Waals surface area contributed by atoms with Gasteiger partial charge < -0.3 is 9.88 Å². The molecule has 1 aromatic heterocycles. The molecule has 1 N–H and O–H groups in total. The van der Waals surface area contributed by atoms with Gasteiger partial charge in [0.1, 0.15) is 18.2 Å². The molecule has 0 aliphatic rings. The summed E-state index contributed by atoms with van der Waals surface area (Å²) in [7, 11) is -3.75. The van der Waals surface area contributed by atoms with Crippen LogP contribution in [0.15, 0.2) is 60.9 Å². The zero-order valence-corrected chi connectivity index (χ0v) is 16.9. The average Bonchev–Trinajstić information content (AvgIpc) is 3.10. The molecule has 0 radical (unpaired) electrons. The summed E-state index contributed by atoms with van der Waals surface area (Å²) in [4.78, 5) is 16.5. The van der Waals surface area contributed by atoms with E-state index >= 15 is 0 Å². The van der Waals surface area contributed by atoms with E-state index in [0.29, 0.717) is 0 Å². The fraction of sp³-hybridized carbons (Fsp3) is 0.200. The maximum Gasteiger partial charge on any atom is 0.241 e. The van der Waals surface area contributed by atoms with E-state index in [1.54, 1.807) is 6.20 Å². The molecule has 7 nitrogen and oxygen atoms in total. The quantitative estimate of drug-likeness (QED) is 0.641. The predicted octanol–water partition coefficient (Wildman–Crippen LogP) is 2.40. The minimum Gasteiger partial charge on any atom is -0.350 e. The van der Waals surface area contributed by atoms with E-state index in [0.717, 1.165) is 33.7 Å². The van der Waals surface area contributed by atoms with Gasteiger partial charge in [-0.15, -0.1) is 0 Å². The first-order valence-corrected chi connectivity index (χ1v) is 10.7. The van der Waals surface area contributed by atoms with Gasteiger partial charge >= 0.3 is 0 Å². The Balaban J connectivity index is 1.64. The number of hydrogen-bond donors (Lipinski definition) is 1. The van der Waals surface area contributed by atoms with Crippen molar-refractivity contribution >= 4 is 21.6 Å². The van der Waals surface area contributed by atoms with Crippen LogP contribution in [0.2, 0.25) is 0 Å². The highest BCUT2D eigenvalue weighted by Crippen LogP contribution is 2.18. The number of amides is 1. The maximum atomic E-state index is 13.5. The van der Waals surface area contributed by atoms with Crippen molar-refractivity contribution in [2.24, 2.45) is 0 Å². The van der Waals surface area contributed by atoms with Gasteiger partial charge in [-0.3, -0.25) is 9.10 Å². The van der Waals surface area contributed by atoms with Crippen molar-refractivity contribution in [2.75, 3.05) is 17.1 Å². The van der Waals surface area contributed by atoms with Gasteiger partial charge in [0, 0.05) is 24.6 Å². The van der Waals surface area contributed by atoms with Crippen LogP contribution < -0.4 is 9.62 Å². The number of hydrogen-bond acceptors (Lipinski definition) is 4. The second-order valence-electron chi connectivity index (χ2n) is 6.54. The predicted molar refractivity (Wildman–Crippen MR) is 109 cm³/mol. The minimum atomic E-state index is -3.75. The molecule has 0 aliphatic heterocycles. The van der Waals surface area contributed by atoms with Crippen molar-refractivity contribution in [2.45, 2.75) is 13.5 Å². The number of anilines is 1. The Labute approximate surface area is 168 Å². The molecule has 0 unspecified atom stereocenters. The number of aryl methyl sites for hydroxylation is 1. The molecule has 0 saturated carbocycles. The molecule has 0 fully saturated rings. The molecular formula is C20H21FN4O3S. The van der Waals surface area contributed by atoms with Crippen LogP contribution in [0, 0.1) is 12.7 Å². The molecular weight excluding hydrogens is 395 g/mol. The third kappa shape index (κ3) is 5.20. The van der Waals surface area contributed by atoms with Crippen LogP contribution >= 0.6 is 0 Å². The molecule has 1 heterocycles. The van der Waals surface area contributed by atoms with E-state index in [9.17, 15) is 17.6 Å². The number of carbonyl (C=O) groups excluding carboxylic acids is 1. The van der Waals surface area contributed by atoms with Gasteiger partial charge in [0.05, 0.1) is 11.9 Å². The summed E-state index contributed by atoms with van der Waals surface area (Å²) >= 11 is 0. The van der Waals surface area contributed by atoms with Crippen LogP contribution in [0.25, 0.3) is 5.69 Å². The molecule has 9 heteroatoms. The van der Waals surface area contributed by atoms with Gasteiger partial charge in [0.25, 0.3) is 0 Å². The smallest absolute Gasteiger partial charge is 0.241 e. The van der Waals surface area contributed by atoms with Crippen molar-refractivity contribution in [1.82, 2.24) is 14.9 Å². The highest BCUT2D eigenvalue weighted by molar-refractivity contribution is 7.92. The molecule has 3 aromatic rings. The lowest BCUT2D eigenvalue weighted by Gasteiger charge is -2.22. The summed E-state index contributed by atoms with van der Waals surface area (Å²) in [5, 5.41) is 2.69. The second-order valence-corrected chi connectivity index (χ2v) is 8.44. The van der Waals surface area contributed by atoms with E-state index in [1.165, 1.54) is 18.2 Å². The fourth-order valence-corrected chi connectivity index (χ4v) is 3.69. The monoisotopic (exact) mass is 416 g/mol. The third-order valence-electron chi connectivity index (χ3n) is 4.31. The van der Waals surface area contributed by atoms with Crippen LogP contribution in [0.5, 0.6) is 0 Å². The molecule has 0 saturated heterocycles. The molecule has 0 spiro atoms. The van der Waals surface area contributed by atoms with Gasteiger partial charge in [-0.05, 0) is 42.8 Å². The average molecular weight is 416 g/mol. The number of nitrogens with zero attached hydrogens (tertiary/aromatic N) is 3. The Morgan fingerprint density at radius 3 is 2.52 bits per heavy atom. The standard InChI is InChI=1S/C20H21FN4O3S/c1-15-22-10-11-24(15)18-8-6-16(7-9-18)13-23-20(26)14-25(29(2,27)28)19-5-3-4-17(21)12-19/h3-12H,13-14H2,1-2H3,(H,23,26). The van der Waals surface area contributed by atoms with Gasteiger partial charge in [-0.2, -0.15) is 0 Å². The van der Waals surface area contributed by atoms with Gasteiger partial charge in [-0.25, -0.2) is 17.8 Å². The van der Waals surface area contributed by atoms with Crippen molar-refractivity contribution in [3.63, 3.8) is 0 Å². The first-order valence-electron chi connectivity index (χ1n) is 8.83. The normalized spacial score (nSPS) is 11.3. The third-order valence-corrected chi connectivity index (χ3v) is 5.45. The van der Waals surface area contributed by atoms with Crippen molar-refractivity contribution in [3.8, 4) is 5.69 Å². The summed E-state index contributed by atoms with van der Waals surface area (Å²) in [6.45, 7) is 1.71. The highest BCUT2D eigenvalue weighted by Gasteiger charge is 2.21. The molecule has 1 amide bonds. The zero-order chi connectivity index (χ0) is 21.0. The number of benzene rings is 2. The zero-order valence-electron chi connectivity index (χ0n) is 16.0. The van der Waals surface area contributed by atoms with E-state index in [-0.39, 0.29) is 12.2 Å². The molecule has 0 atom stereocenters. The largest absolute Gasteiger partial charge is 0.350 e. The molecule has 152 valence electrons.